The molecule has 2 aliphatic heterocycles. The maximum absolute atomic E-state index is 17.3. The van der Waals surface area contributed by atoms with E-state index < -0.39 is 51.0 Å². The average Bonchev–Trinajstić information content (AvgIpc) is 3.61. The molecule has 11 nitrogen and oxygen atoms in total. The van der Waals surface area contributed by atoms with E-state index in [1.54, 1.807) is 52.8 Å². The van der Waals surface area contributed by atoms with E-state index in [0.717, 1.165) is 31.8 Å². The largest absolute Gasteiger partial charge is 0.537 e. The van der Waals surface area contributed by atoms with Crippen molar-refractivity contribution in [2.45, 2.75) is 94.5 Å². The van der Waals surface area contributed by atoms with Crippen LogP contribution in [0.1, 0.15) is 104 Å². The molecule has 0 spiro atoms. The molecule has 0 saturated heterocycles. The number of nitrogens with zero attached hydrogens (tertiary/aromatic N) is 3. The molecule has 0 bridgehead atoms. The van der Waals surface area contributed by atoms with Gasteiger partial charge in [0.25, 0.3) is 11.1 Å². The standard InChI is InChI=1S/C58H56BF2IN3O8/c1-12-70-56(68)47-32(5)53-51(52-33(6)48(57(69)71-13-2)35(8)64(52)59(60,61)65(53)62-34(47)7)46-30(3)27-39(28-31(46)4)72-26-14-25-63-54(66)41-21-20-40-43-29-37(36-15-18-38(19-16-36)58(9,10)11)17-23-44(43)73-45-24-22-42(55(63)67)49(41)50(40)45/h15-24,27-29H,12-14,25-26H2,1-11H3/q-1. The van der Waals surface area contributed by atoms with Crippen molar-refractivity contribution in [3.8, 4) is 16.9 Å². The summed E-state index contributed by atoms with van der Waals surface area (Å²) < 4.78 is 62.1. The van der Waals surface area contributed by atoms with Crippen molar-refractivity contribution in [2.75, 3.05) is 19.8 Å². The molecule has 2 aliphatic rings. The summed E-state index contributed by atoms with van der Waals surface area (Å²) >= 11 is -1.60. The Hall–Kier alpha value is -6.88. The van der Waals surface area contributed by atoms with E-state index in [0.29, 0.717) is 82.0 Å². The summed E-state index contributed by atoms with van der Waals surface area (Å²) in [5.74, 6) is -0.745. The highest BCUT2D eigenvalue weighted by atomic mass is 127. The number of hydrogen-bond donors (Lipinski definition) is 0. The highest BCUT2D eigenvalue weighted by Gasteiger charge is 2.49. The van der Waals surface area contributed by atoms with Gasteiger partial charge < -0.3 is 34.8 Å². The third kappa shape index (κ3) is 7.91. The molecule has 376 valence electrons. The lowest BCUT2D eigenvalue weighted by atomic mass is 9.81. The Kier molecular flexibility index (Phi) is 12.4. The normalized spacial score (nSPS) is 14.8. The first-order valence-corrected chi connectivity index (χ1v) is 26.7. The van der Waals surface area contributed by atoms with Crippen LogP contribution in [-0.4, -0.2) is 54.3 Å². The number of fused-ring (bicyclic) bond motifs is 4. The molecule has 0 aliphatic carbocycles. The third-order valence-electron chi connectivity index (χ3n) is 14.4. The van der Waals surface area contributed by atoms with E-state index in [1.807, 2.05) is 44.2 Å². The van der Waals surface area contributed by atoms with Gasteiger partial charge in [-0.1, -0.05) is 57.2 Å². The number of halogens is 3. The van der Waals surface area contributed by atoms with Crippen LogP contribution in [0.2, 0.25) is 0 Å². The van der Waals surface area contributed by atoms with Crippen molar-refractivity contribution in [1.29, 1.82) is 0 Å². The van der Waals surface area contributed by atoms with E-state index in [-0.39, 0.29) is 54.4 Å². The fourth-order valence-electron chi connectivity index (χ4n) is 11.1. The van der Waals surface area contributed by atoms with Crippen molar-refractivity contribution in [3.63, 3.8) is 0 Å². The zero-order valence-electron chi connectivity index (χ0n) is 42.9. The molecule has 0 radical (unpaired) electrons. The van der Waals surface area contributed by atoms with Gasteiger partial charge in [0.1, 0.15) is 16.9 Å². The van der Waals surface area contributed by atoms with Crippen LogP contribution in [0.4, 0.5) is 8.63 Å². The van der Waals surface area contributed by atoms with Gasteiger partial charge in [0, 0.05) is 53.9 Å². The predicted molar refractivity (Wildman–Crippen MR) is 296 cm³/mol. The fourth-order valence-corrected chi connectivity index (χ4v) is 14.2. The van der Waals surface area contributed by atoms with Gasteiger partial charge in [-0.2, -0.15) is 0 Å². The lowest BCUT2D eigenvalue weighted by molar-refractivity contribution is -0.137. The van der Waals surface area contributed by atoms with Crippen molar-refractivity contribution < 1.29 is 36.8 Å². The number of allylic oxidation sites excluding steroid dienone is 1. The Balaban J connectivity index is 0.975. The predicted octanol–water partition coefficient (Wildman–Crippen LogP) is 12.8. The van der Waals surface area contributed by atoms with E-state index >= 15 is 8.63 Å². The number of aryl methyl sites for hydroxylation is 2. The van der Waals surface area contributed by atoms with E-state index in [4.69, 9.17) is 18.6 Å². The molecule has 0 saturated carbocycles. The Morgan fingerprint density at radius 2 is 1.33 bits per heavy atom. The second-order valence-electron chi connectivity index (χ2n) is 20.0. The SMILES string of the molecule is CCOC(=O)C1=C(C)C2=C(c3c(C)cc(OCCCn4c(=O)c5ccc6oc7ccc(-c8ccc(C(C)(C)C)cc8)cc7c7ccc(c4=O)c5c67)cc3C)c3c(C)c(C(=O)OCC)c(C)n3[B-](F)(F)N2I=C1C. The van der Waals surface area contributed by atoms with Crippen LogP contribution in [-0.2, 0) is 26.2 Å². The molecule has 0 amide bonds. The maximum Gasteiger partial charge on any atom is 0.537 e. The molecule has 0 unspecified atom stereocenters. The lowest BCUT2D eigenvalue weighted by Crippen LogP contribution is -2.53. The molecule has 0 N–H and O–H groups in total. The van der Waals surface area contributed by atoms with E-state index in [9.17, 15) is 19.2 Å². The van der Waals surface area contributed by atoms with Crippen LogP contribution in [0.5, 0.6) is 5.75 Å². The van der Waals surface area contributed by atoms with Crippen molar-refractivity contribution >= 4 is 92.5 Å². The molecule has 10 rings (SSSR count). The van der Waals surface area contributed by atoms with Crippen LogP contribution < -0.4 is 15.9 Å². The van der Waals surface area contributed by atoms with Crippen molar-refractivity contribution in [2.24, 2.45) is 0 Å². The average molecular weight is 1100 g/mol. The third-order valence-corrected chi connectivity index (χ3v) is 17.4. The van der Waals surface area contributed by atoms with E-state index in [2.05, 4.69) is 51.1 Å². The molecular formula is C58H56BF2IN3O8-. The molecule has 0 atom stereocenters. The van der Waals surface area contributed by atoms with Crippen LogP contribution >= 0.6 is 21.0 Å². The van der Waals surface area contributed by atoms with Gasteiger partial charge in [0.15, 0.2) is 0 Å². The summed E-state index contributed by atoms with van der Waals surface area (Å²) in [6.07, 6.45) is 0.326. The molecule has 0 fully saturated rings. The molecule has 5 heterocycles. The molecule has 15 heteroatoms. The fraction of sp³-hybridized carbons (Fsp3) is 0.293. The summed E-state index contributed by atoms with van der Waals surface area (Å²) in [6.45, 7) is 16.3. The number of carbonyl (C=O) groups excluding carboxylic acids is 2. The molecule has 8 aromatic rings. The summed E-state index contributed by atoms with van der Waals surface area (Å²) in [6, 6.07) is 25.7. The Labute approximate surface area is 431 Å². The van der Waals surface area contributed by atoms with E-state index in [1.165, 1.54) is 20.1 Å². The maximum atomic E-state index is 17.3. The lowest BCUT2D eigenvalue weighted by Gasteiger charge is -2.49. The molecule has 5 aromatic carbocycles. The summed E-state index contributed by atoms with van der Waals surface area (Å²) in [4.78, 5) is 55.5. The summed E-state index contributed by atoms with van der Waals surface area (Å²) in [7, 11) is 0. The number of benzene rings is 5. The second-order valence-corrected chi connectivity index (χ2v) is 23.2. The molecular weight excluding hydrogens is 1040 g/mol. The first-order chi connectivity index (χ1) is 34.7. The topological polar surface area (TPSA) is 122 Å². The molecule has 3 aromatic heterocycles. The number of aromatic nitrogens is 2. The highest BCUT2D eigenvalue weighted by Crippen LogP contribution is 2.52. The van der Waals surface area contributed by atoms with Crippen molar-refractivity contribution in [1.82, 2.24) is 12.1 Å². The van der Waals surface area contributed by atoms with Gasteiger partial charge in [-0.25, -0.2) is 9.59 Å². The number of esters is 2. The van der Waals surface area contributed by atoms with Crippen LogP contribution in [0.15, 0.2) is 110 Å². The van der Waals surface area contributed by atoms with Crippen molar-refractivity contribution in [3.05, 3.63) is 161 Å². The zero-order chi connectivity index (χ0) is 52.2. The summed E-state index contributed by atoms with van der Waals surface area (Å²) in [5, 5.41) is 3.94. The molecule has 73 heavy (non-hydrogen) atoms. The number of ether oxygens (including phenoxy) is 3. The van der Waals surface area contributed by atoms with Gasteiger partial charge in [-0.05, 0) is 186 Å². The van der Waals surface area contributed by atoms with Crippen LogP contribution in [0.3, 0.4) is 0 Å². The monoisotopic (exact) mass is 1100 g/mol. The number of carbonyl (C=O) groups is 2. The van der Waals surface area contributed by atoms with Gasteiger partial charge >= 0.3 is 18.9 Å². The van der Waals surface area contributed by atoms with Crippen LogP contribution in [0.25, 0.3) is 60.2 Å². The number of pyridine rings is 1. The zero-order valence-corrected chi connectivity index (χ0v) is 45.0. The Bertz CT molecular complexity index is 3840. The quantitative estimate of drug-likeness (QED) is 0.0237. The smallest absolute Gasteiger partial charge is 0.494 e. The van der Waals surface area contributed by atoms with Gasteiger partial charge in [0.2, 0.25) is 0 Å². The Morgan fingerprint density at radius 1 is 0.726 bits per heavy atom. The second kappa shape index (κ2) is 18.3. The highest BCUT2D eigenvalue weighted by molar-refractivity contribution is 14.2. The Morgan fingerprint density at radius 3 is 1.97 bits per heavy atom. The first-order valence-electron chi connectivity index (χ1n) is 24.6. The minimum absolute atomic E-state index is 0.0305. The minimum Gasteiger partial charge on any atom is -0.494 e. The summed E-state index contributed by atoms with van der Waals surface area (Å²) in [5.41, 5.74) is 8.04. The number of hydrogen-bond acceptors (Lipinski definition) is 9. The van der Waals surface area contributed by atoms with Gasteiger partial charge in [0.05, 0.1) is 31.0 Å². The number of rotatable bonds is 11. The van der Waals surface area contributed by atoms with Crippen LogP contribution in [0, 0.1) is 27.7 Å². The van der Waals surface area contributed by atoms with Gasteiger partial charge in [-0.3, -0.25) is 14.2 Å². The minimum atomic E-state index is -4.48. The first kappa shape index (κ1) is 49.7. The van der Waals surface area contributed by atoms with Gasteiger partial charge in [-0.15, -0.1) is 0 Å².